The molecule has 1 aromatic rings. The third kappa shape index (κ3) is 2.18. The number of hydrogen-bond donors (Lipinski definition) is 1. The van der Waals surface area contributed by atoms with Crippen LogP contribution in [0.25, 0.3) is 0 Å². The number of benzene rings is 1. The van der Waals surface area contributed by atoms with Crippen LogP contribution in [-0.4, -0.2) is 10.8 Å². The molecule has 0 saturated heterocycles. The van der Waals surface area contributed by atoms with Gasteiger partial charge in [0.25, 0.3) is 5.69 Å². The predicted octanol–water partition coefficient (Wildman–Crippen LogP) is 2.48. The van der Waals surface area contributed by atoms with Crippen molar-refractivity contribution in [2.24, 2.45) is 0 Å². The lowest BCUT2D eigenvalue weighted by molar-refractivity contribution is -0.386. The average molecular weight is 222 g/mol. The number of nitrogens with one attached hydrogen (secondary N) is 1. The van der Waals surface area contributed by atoms with Gasteiger partial charge in [0.1, 0.15) is 0 Å². The van der Waals surface area contributed by atoms with Gasteiger partial charge in [-0.05, 0) is 32.4 Å². The Kier molecular flexibility index (Phi) is 3.27. The quantitative estimate of drug-likeness (QED) is 0.617. The monoisotopic (exact) mass is 222 g/mol. The largest absolute Gasteiger partial charge is 0.326 e. The van der Waals surface area contributed by atoms with Crippen molar-refractivity contribution in [3.8, 4) is 0 Å². The highest BCUT2D eigenvalue weighted by Crippen LogP contribution is 2.31. The highest BCUT2D eigenvalue weighted by Gasteiger charge is 2.19. The Morgan fingerprint density at radius 1 is 1.31 bits per heavy atom. The summed E-state index contributed by atoms with van der Waals surface area (Å²) in [6.07, 6.45) is 0. The molecule has 5 nitrogen and oxygen atoms in total. The Morgan fingerprint density at radius 3 is 2.31 bits per heavy atom. The Labute approximate surface area is 93.6 Å². The van der Waals surface area contributed by atoms with Crippen molar-refractivity contribution in [1.29, 1.82) is 0 Å². The summed E-state index contributed by atoms with van der Waals surface area (Å²) in [5, 5.41) is 13.5. The lowest BCUT2D eigenvalue weighted by atomic mass is 10.0. The minimum Gasteiger partial charge on any atom is -0.326 e. The van der Waals surface area contributed by atoms with E-state index in [0.29, 0.717) is 16.8 Å². The van der Waals surface area contributed by atoms with Crippen LogP contribution < -0.4 is 5.32 Å². The van der Waals surface area contributed by atoms with E-state index in [4.69, 9.17) is 0 Å². The normalized spacial score (nSPS) is 10.0. The molecule has 0 unspecified atom stereocenters. The van der Waals surface area contributed by atoms with Crippen LogP contribution in [0, 0.1) is 30.9 Å². The molecule has 86 valence electrons. The van der Waals surface area contributed by atoms with Gasteiger partial charge in [-0.15, -0.1) is 0 Å². The van der Waals surface area contributed by atoms with Gasteiger partial charge >= 0.3 is 0 Å². The van der Waals surface area contributed by atoms with Gasteiger partial charge in [-0.3, -0.25) is 14.9 Å². The highest BCUT2D eigenvalue weighted by atomic mass is 16.6. The molecule has 0 bridgehead atoms. The summed E-state index contributed by atoms with van der Waals surface area (Å²) in [4.78, 5) is 21.4. The van der Waals surface area contributed by atoms with Crippen molar-refractivity contribution in [1.82, 2.24) is 0 Å². The second-order valence-electron chi connectivity index (χ2n) is 3.78. The Balaban J connectivity index is 3.39. The van der Waals surface area contributed by atoms with Crippen LogP contribution in [0.3, 0.4) is 0 Å². The van der Waals surface area contributed by atoms with Crippen LogP contribution in [-0.2, 0) is 4.79 Å². The molecule has 0 aliphatic rings. The summed E-state index contributed by atoms with van der Waals surface area (Å²) in [6, 6.07) is 1.63. The first-order chi connectivity index (χ1) is 7.34. The molecule has 0 radical (unpaired) electrons. The molecule has 0 aliphatic heterocycles. The van der Waals surface area contributed by atoms with Gasteiger partial charge in [0.2, 0.25) is 5.91 Å². The van der Waals surface area contributed by atoms with Crippen LogP contribution in [0.4, 0.5) is 11.4 Å². The van der Waals surface area contributed by atoms with Crippen LogP contribution in [0.15, 0.2) is 6.07 Å². The number of aryl methyl sites for hydroxylation is 1. The topological polar surface area (TPSA) is 72.2 Å². The van der Waals surface area contributed by atoms with Crippen molar-refractivity contribution >= 4 is 17.3 Å². The molecule has 1 N–H and O–H groups in total. The summed E-state index contributed by atoms with van der Waals surface area (Å²) < 4.78 is 0. The van der Waals surface area contributed by atoms with Crippen molar-refractivity contribution in [2.45, 2.75) is 27.7 Å². The molecule has 0 atom stereocenters. The highest BCUT2D eigenvalue weighted by molar-refractivity contribution is 5.90. The third-order valence-electron chi connectivity index (χ3n) is 2.55. The Morgan fingerprint density at radius 2 is 1.88 bits per heavy atom. The van der Waals surface area contributed by atoms with E-state index in [-0.39, 0.29) is 11.6 Å². The second-order valence-corrected chi connectivity index (χ2v) is 3.78. The molecule has 0 heterocycles. The molecule has 0 spiro atoms. The van der Waals surface area contributed by atoms with Crippen molar-refractivity contribution in [3.63, 3.8) is 0 Å². The lowest BCUT2D eigenvalue weighted by Crippen LogP contribution is -2.09. The molecule has 16 heavy (non-hydrogen) atoms. The fourth-order valence-corrected chi connectivity index (χ4v) is 1.67. The number of nitro groups is 1. The summed E-state index contributed by atoms with van der Waals surface area (Å²) in [5.41, 5.74) is 2.62. The average Bonchev–Trinajstić information content (AvgIpc) is 2.12. The Bertz CT molecular complexity index is 467. The van der Waals surface area contributed by atoms with Crippen LogP contribution >= 0.6 is 0 Å². The lowest BCUT2D eigenvalue weighted by Gasteiger charge is -2.11. The van der Waals surface area contributed by atoms with Crippen molar-refractivity contribution in [2.75, 3.05) is 5.32 Å². The SMILES string of the molecule is CC(=O)Nc1cc(C)c([N+](=O)[O-])c(C)c1C. The first-order valence-electron chi connectivity index (χ1n) is 4.87. The number of rotatable bonds is 2. The van der Waals surface area contributed by atoms with Crippen LogP contribution in [0.2, 0.25) is 0 Å². The van der Waals surface area contributed by atoms with E-state index in [1.54, 1.807) is 26.8 Å². The molecule has 0 aromatic heterocycles. The van der Waals surface area contributed by atoms with E-state index in [9.17, 15) is 14.9 Å². The number of carbonyl (C=O) groups excluding carboxylic acids is 1. The first-order valence-corrected chi connectivity index (χ1v) is 4.87. The van der Waals surface area contributed by atoms with Gasteiger partial charge in [0.05, 0.1) is 4.92 Å². The summed E-state index contributed by atoms with van der Waals surface area (Å²) in [5.74, 6) is -0.184. The molecule has 0 saturated carbocycles. The summed E-state index contributed by atoms with van der Waals surface area (Å²) in [7, 11) is 0. The molecular weight excluding hydrogens is 208 g/mol. The zero-order chi connectivity index (χ0) is 12.5. The number of carbonyl (C=O) groups is 1. The van der Waals surface area contributed by atoms with Gasteiger partial charge in [-0.2, -0.15) is 0 Å². The number of amides is 1. The maximum absolute atomic E-state index is 11.0. The number of anilines is 1. The predicted molar refractivity (Wildman–Crippen MR) is 61.6 cm³/mol. The molecule has 1 amide bonds. The van der Waals surface area contributed by atoms with E-state index < -0.39 is 4.92 Å². The summed E-state index contributed by atoms with van der Waals surface area (Å²) in [6.45, 7) is 6.51. The smallest absolute Gasteiger partial charge is 0.275 e. The number of nitrogens with zero attached hydrogens (tertiary/aromatic N) is 1. The molecular formula is C11H14N2O3. The zero-order valence-electron chi connectivity index (χ0n) is 9.75. The fraction of sp³-hybridized carbons (Fsp3) is 0.364. The number of nitro benzene ring substituents is 1. The second kappa shape index (κ2) is 4.30. The molecule has 1 aromatic carbocycles. The molecule has 1 rings (SSSR count). The van der Waals surface area contributed by atoms with Gasteiger partial charge in [-0.1, -0.05) is 0 Å². The van der Waals surface area contributed by atoms with Gasteiger partial charge in [0, 0.05) is 23.7 Å². The van der Waals surface area contributed by atoms with Crippen molar-refractivity contribution < 1.29 is 9.72 Å². The fourth-order valence-electron chi connectivity index (χ4n) is 1.67. The summed E-state index contributed by atoms with van der Waals surface area (Å²) >= 11 is 0. The minimum absolute atomic E-state index is 0.117. The first kappa shape index (κ1) is 12.2. The molecule has 0 aliphatic carbocycles. The van der Waals surface area contributed by atoms with Crippen molar-refractivity contribution in [3.05, 3.63) is 32.9 Å². The van der Waals surface area contributed by atoms with E-state index in [0.717, 1.165) is 5.56 Å². The van der Waals surface area contributed by atoms with E-state index in [1.807, 2.05) is 0 Å². The third-order valence-corrected chi connectivity index (χ3v) is 2.55. The zero-order valence-corrected chi connectivity index (χ0v) is 9.75. The number of hydrogen-bond acceptors (Lipinski definition) is 3. The maximum atomic E-state index is 11.0. The maximum Gasteiger partial charge on any atom is 0.275 e. The van der Waals surface area contributed by atoms with Gasteiger partial charge < -0.3 is 5.32 Å². The van der Waals surface area contributed by atoms with Crippen LogP contribution in [0.1, 0.15) is 23.6 Å². The van der Waals surface area contributed by atoms with E-state index in [2.05, 4.69) is 5.32 Å². The van der Waals surface area contributed by atoms with Gasteiger partial charge in [-0.25, -0.2) is 0 Å². The Hall–Kier alpha value is -1.91. The van der Waals surface area contributed by atoms with E-state index in [1.165, 1.54) is 6.92 Å². The van der Waals surface area contributed by atoms with Gasteiger partial charge in [0.15, 0.2) is 0 Å². The minimum atomic E-state index is -0.394. The molecule has 0 fully saturated rings. The van der Waals surface area contributed by atoms with E-state index >= 15 is 0 Å². The standard InChI is InChI=1S/C11H14N2O3/c1-6-5-10(12-9(4)14)7(2)8(3)11(6)13(15)16/h5H,1-4H3,(H,12,14). The molecule has 5 heteroatoms. The van der Waals surface area contributed by atoms with Crippen LogP contribution in [0.5, 0.6) is 0 Å².